The van der Waals surface area contributed by atoms with Crippen LogP contribution in [-0.2, 0) is 0 Å². The Hall–Kier alpha value is -0.730. The number of rotatable bonds is 2. The van der Waals surface area contributed by atoms with Gasteiger partial charge in [0.05, 0.1) is 6.04 Å². The summed E-state index contributed by atoms with van der Waals surface area (Å²) >= 11 is 0. The van der Waals surface area contributed by atoms with E-state index in [0.29, 0.717) is 6.04 Å². The molecule has 3 rings (SSSR count). The largest absolute Gasteiger partial charge is 0.370 e. The molecule has 0 amide bonds. The molecule has 0 bridgehead atoms. The van der Waals surface area contributed by atoms with Crippen molar-refractivity contribution in [3.05, 3.63) is 0 Å². The van der Waals surface area contributed by atoms with Crippen molar-refractivity contribution in [3.8, 4) is 0 Å². The van der Waals surface area contributed by atoms with Crippen molar-refractivity contribution in [3.63, 3.8) is 0 Å². The van der Waals surface area contributed by atoms with E-state index >= 15 is 0 Å². The Labute approximate surface area is 104 Å². The van der Waals surface area contributed by atoms with Gasteiger partial charge in [0.15, 0.2) is 5.96 Å². The molecule has 2 aliphatic carbocycles. The highest BCUT2D eigenvalue weighted by molar-refractivity contribution is 5.78. The first kappa shape index (κ1) is 11.4. The zero-order valence-corrected chi connectivity index (χ0v) is 10.9. The molecular formula is C14H25N3. The molecule has 1 aliphatic heterocycles. The lowest BCUT2D eigenvalue weighted by molar-refractivity contribution is 0.265. The number of aliphatic imine (C=N–C) groups is 1. The number of nitrogens with two attached hydrogens (primary N) is 1. The summed E-state index contributed by atoms with van der Waals surface area (Å²) in [4.78, 5) is 7.05. The first-order valence-corrected chi connectivity index (χ1v) is 7.32. The van der Waals surface area contributed by atoms with E-state index in [1.165, 1.54) is 38.5 Å². The average molecular weight is 235 g/mol. The van der Waals surface area contributed by atoms with E-state index in [-0.39, 0.29) is 0 Å². The third kappa shape index (κ3) is 2.43. The summed E-state index contributed by atoms with van der Waals surface area (Å²) in [6.07, 6.45) is 8.24. The number of piperidine rings is 1. The van der Waals surface area contributed by atoms with Crippen LogP contribution >= 0.6 is 0 Å². The summed E-state index contributed by atoms with van der Waals surface area (Å²) in [5.41, 5.74) is 6.15. The van der Waals surface area contributed by atoms with E-state index in [0.717, 1.165) is 36.8 Å². The van der Waals surface area contributed by atoms with Crippen molar-refractivity contribution in [1.82, 2.24) is 4.90 Å². The molecule has 1 unspecified atom stereocenters. The van der Waals surface area contributed by atoms with Crippen LogP contribution in [0.1, 0.15) is 45.4 Å². The monoisotopic (exact) mass is 235 g/mol. The van der Waals surface area contributed by atoms with Crippen LogP contribution in [-0.4, -0.2) is 30.0 Å². The van der Waals surface area contributed by atoms with Crippen LogP contribution in [0.15, 0.2) is 4.99 Å². The van der Waals surface area contributed by atoms with Gasteiger partial charge >= 0.3 is 0 Å². The molecule has 0 radical (unpaired) electrons. The van der Waals surface area contributed by atoms with Gasteiger partial charge in [0.25, 0.3) is 0 Å². The van der Waals surface area contributed by atoms with Crippen LogP contribution < -0.4 is 5.73 Å². The number of likely N-dealkylation sites (tertiary alicyclic amines) is 1. The third-order valence-corrected chi connectivity index (χ3v) is 4.84. The zero-order valence-electron chi connectivity index (χ0n) is 10.9. The fourth-order valence-corrected chi connectivity index (χ4v) is 3.37. The SMILES string of the molecule is CC1CCCN(C(N)=N[C@@H]2C[C@H]2C2CCC2)C1. The van der Waals surface area contributed by atoms with Gasteiger partial charge in [-0.1, -0.05) is 26.2 Å². The molecule has 1 saturated heterocycles. The Bertz CT molecular complexity index is 309. The molecule has 3 nitrogen and oxygen atoms in total. The molecule has 0 aromatic carbocycles. The van der Waals surface area contributed by atoms with Gasteiger partial charge in [-0.3, -0.25) is 0 Å². The average Bonchev–Trinajstić information content (AvgIpc) is 2.94. The number of hydrogen-bond donors (Lipinski definition) is 1. The normalized spacial score (nSPS) is 39.0. The highest BCUT2D eigenvalue weighted by Crippen LogP contribution is 2.48. The van der Waals surface area contributed by atoms with Crippen molar-refractivity contribution >= 4 is 5.96 Å². The van der Waals surface area contributed by atoms with Crippen LogP contribution in [0.4, 0.5) is 0 Å². The van der Waals surface area contributed by atoms with Gasteiger partial charge in [-0.25, -0.2) is 4.99 Å². The molecule has 17 heavy (non-hydrogen) atoms. The molecule has 3 atom stereocenters. The Balaban J connectivity index is 1.53. The zero-order chi connectivity index (χ0) is 11.8. The Morgan fingerprint density at radius 3 is 2.71 bits per heavy atom. The number of hydrogen-bond acceptors (Lipinski definition) is 1. The summed E-state index contributed by atoms with van der Waals surface area (Å²) in [6, 6.07) is 0.567. The van der Waals surface area contributed by atoms with E-state index in [4.69, 9.17) is 10.7 Å². The van der Waals surface area contributed by atoms with Gasteiger partial charge in [-0.2, -0.15) is 0 Å². The van der Waals surface area contributed by atoms with E-state index in [1.807, 2.05) is 0 Å². The summed E-state index contributed by atoms with van der Waals surface area (Å²) in [7, 11) is 0. The Morgan fingerprint density at radius 1 is 1.24 bits per heavy atom. The molecule has 3 fully saturated rings. The summed E-state index contributed by atoms with van der Waals surface area (Å²) in [5.74, 6) is 3.46. The number of nitrogens with zero attached hydrogens (tertiary/aromatic N) is 2. The van der Waals surface area contributed by atoms with Crippen LogP contribution in [0.5, 0.6) is 0 Å². The first-order valence-electron chi connectivity index (χ1n) is 7.32. The molecule has 96 valence electrons. The molecule has 0 aromatic heterocycles. The fraction of sp³-hybridized carbons (Fsp3) is 0.929. The van der Waals surface area contributed by atoms with Crippen LogP contribution in [0, 0.1) is 17.8 Å². The van der Waals surface area contributed by atoms with Crippen LogP contribution in [0.3, 0.4) is 0 Å². The van der Waals surface area contributed by atoms with Gasteiger partial charge in [0.1, 0.15) is 0 Å². The highest BCUT2D eigenvalue weighted by Gasteiger charge is 2.45. The lowest BCUT2D eigenvalue weighted by Crippen LogP contribution is -2.43. The molecule has 3 heteroatoms. The van der Waals surface area contributed by atoms with Crippen molar-refractivity contribution in [2.45, 2.75) is 51.5 Å². The van der Waals surface area contributed by atoms with Crippen molar-refractivity contribution in [1.29, 1.82) is 0 Å². The summed E-state index contributed by atoms with van der Waals surface area (Å²) in [5, 5.41) is 0. The van der Waals surface area contributed by atoms with E-state index in [2.05, 4.69) is 11.8 Å². The highest BCUT2D eigenvalue weighted by atomic mass is 15.3. The fourth-order valence-electron chi connectivity index (χ4n) is 3.37. The molecule has 0 aromatic rings. The smallest absolute Gasteiger partial charge is 0.191 e. The van der Waals surface area contributed by atoms with E-state index < -0.39 is 0 Å². The number of guanidine groups is 1. The molecule has 3 aliphatic rings. The minimum absolute atomic E-state index is 0.567. The Kier molecular flexibility index (Phi) is 3.01. The quantitative estimate of drug-likeness (QED) is 0.589. The van der Waals surface area contributed by atoms with E-state index in [1.54, 1.807) is 0 Å². The third-order valence-electron chi connectivity index (χ3n) is 4.84. The second-order valence-electron chi connectivity index (χ2n) is 6.34. The maximum Gasteiger partial charge on any atom is 0.191 e. The second kappa shape index (κ2) is 4.51. The van der Waals surface area contributed by atoms with Gasteiger partial charge in [-0.05, 0) is 37.0 Å². The van der Waals surface area contributed by atoms with Crippen molar-refractivity contribution in [2.24, 2.45) is 28.5 Å². The minimum Gasteiger partial charge on any atom is -0.370 e. The van der Waals surface area contributed by atoms with E-state index in [9.17, 15) is 0 Å². The van der Waals surface area contributed by atoms with Crippen molar-refractivity contribution in [2.75, 3.05) is 13.1 Å². The van der Waals surface area contributed by atoms with Gasteiger partial charge in [0, 0.05) is 13.1 Å². The first-order chi connectivity index (χ1) is 8.24. The van der Waals surface area contributed by atoms with Gasteiger partial charge < -0.3 is 10.6 Å². The maximum atomic E-state index is 6.15. The Morgan fingerprint density at radius 2 is 2.06 bits per heavy atom. The summed E-state index contributed by atoms with van der Waals surface area (Å²) in [6.45, 7) is 4.53. The summed E-state index contributed by atoms with van der Waals surface area (Å²) < 4.78 is 0. The van der Waals surface area contributed by atoms with Crippen LogP contribution in [0.2, 0.25) is 0 Å². The predicted molar refractivity (Wildman–Crippen MR) is 70.8 cm³/mol. The molecule has 1 heterocycles. The second-order valence-corrected chi connectivity index (χ2v) is 6.34. The standard InChI is InChI=1S/C14H25N3/c1-10-4-3-7-17(9-10)14(15)16-13-8-12(13)11-5-2-6-11/h10-13H,2-9H2,1H3,(H2,15,16)/t10?,12-,13+/m0/s1. The van der Waals surface area contributed by atoms with Crippen molar-refractivity contribution < 1.29 is 0 Å². The molecular weight excluding hydrogens is 210 g/mol. The predicted octanol–water partition coefficient (Wildman–Crippen LogP) is 2.22. The lowest BCUT2D eigenvalue weighted by atomic mass is 9.81. The lowest BCUT2D eigenvalue weighted by Gasteiger charge is -2.31. The van der Waals surface area contributed by atoms with Gasteiger partial charge in [0.2, 0.25) is 0 Å². The molecule has 2 saturated carbocycles. The molecule has 0 spiro atoms. The van der Waals surface area contributed by atoms with Gasteiger partial charge in [-0.15, -0.1) is 0 Å². The molecule has 2 N–H and O–H groups in total. The minimum atomic E-state index is 0.567. The topological polar surface area (TPSA) is 41.6 Å². The maximum absolute atomic E-state index is 6.15. The van der Waals surface area contributed by atoms with Crippen LogP contribution in [0.25, 0.3) is 0 Å².